The molecule has 0 N–H and O–H groups in total. The Morgan fingerprint density at radius 1 is 1.50 bits per heavy atom. The van der Waals surface area contributed by atoms with Gasteiger partial charge in [0.05, 0.1) is 5.52 Å². The molecule has 0 bridgehead atoms. The third-order valence-electron chi connectivity index (χ3n) is 2.44. The molecule has 2 aromatic heterocycles. The molecule has 4 heteroatoms. The fraction of sp³-hybridized carbons (Fsp3) is 0.400. The minimum absolute atomic E-state index is 0.000556. The first-order valence-corrected chi connectivity index (χ1v) is 4.67. The van der Waals surface area contributed by atoms with Gasteiger partial charge in [0.25, 0.3) is 0 Å². The summed E-state index contributed by atoms with van der Waals surface area (Å²) in [6.45, 7) is 4.58. The lowest BCUT2D eigenvalue weighted by Gasteiger charge is -1.96. The first-order chi connectivity index (χ1) is 6.65. The second kappa shape index (κ2) is 2.97. The van der Waals surface area contributed by atoms with Crippen LogP contribution in [0.3, 0.4) is 0 Å². The van der Waals surface area contributed by atoms with Crippen molar-refractivity contribution in [3.63, 3.8) is 0 Å². The molecule has 2 aromatic rings. The van der Waals surface area contributed by atoms with Gasteiger partial charge in [-0.05, 0) is 25.5 Å². The van der Waals surface area contributed by atoms with E-state index >= 15 is 0 Å². The van der Waals surface area contributed by atoms with E-state index in [1.807, 2.05) is 19.9 Å². The van der Waals surface area contributed by atoms with Crippen LogP contribution in [0.5, 0.6) is 0 Å². The zero-order chi connectivity index (χ0) is 10.3. The maximum atomic E-state index is 11.7. The summed E-state index contributed by atoms with van der Waals surface area (Å²) >= 11 is 0. The molecule has 2 rings (SSSR count). The van der Waals surface area contributed by atoms with Gasteiger partial charge in [-0.25, -0.2) is 9.78 Å². The molecule has 74 valence electrons. The zero-order valence-electron chi connectivity index (χ0n) is 8.61. The summed E-state index contributed by atoms with van der Waals surface area (Å²) in [5.41, 5.74) is 2.74. The summed E-state index contributed by atoms with van der Waals surface area (Å²) in [6.07, 6.45) is 1.79. The summed E-state index contributed by atoms with van der Waals surface area (Å²) in [5, 5.41) is 0. The van der Waals surface area contributed by atoms with Crippen molar-refractivity contribution in [2.75, 3.05) is 0 Å². The Morgan fingerprint density at radius 3 is 2.86 bits per heavy atom. The highest BCUT2D eigenvalue weighted by Crippen LogP contribution is 2.10. The molecule has 14 heavy (non-hydrogen) atoms. The Morgan fingerprint density at radius 2 is 2.21 bits per heavy atom. The van der Waals surface area contributed by atoms with E-state index in [1.54, 1.807) is 22.4 Å². The maximum absolute atomic E-state index is 11.7. The summed E-state index contributed by atoms with van der Waals surface area (Å²) in [7, 11) is 1.78. The van der Waals surface area contributed by atoms with Crippen LogP contribution in [0.1, 0.15) is 12.5 Å². The molecule has 0 saturated heterocycles. The normalized spacial score (nSPS) is 11.1. The van der Waals surface area contributed by atoms with E-state index in [0.717, 1.165) is 16.7 Å². The van der Waals surface area contributed by atoms with Crippen LogP contribution in [0, 0.1) is 6.92 Å². The summed E-state index contributed by atoms with van der Waals surface area (Å²) < 4.78 is 3.31. The number of fused-ring (bicyclic) bond motifs is 1. The van der Waals surface area contributed by atoms with Crippen molar-refractivity contribution in [2.45, 2.75) is 20.4 Å². The van der Waals surface area contributed by atoms with Crippen LogP contribution < -0.4 is 5.69 Å². The van der Waals surface area contributed by atoms with Crippen LogP contribution >= 0.6 is 0 Å². The molecule has 0 atom stereocenters. The van der Waals surface area contributed by atoms with Crippen LogP contribution in [-0.4, -0.2) is 14.1 Å². The van der Waals surface area contributed by atoms with Crippen LogP contribution in [0.15, 0.2) is 17.1 Å². The topological polar surface area (TPSA) is 39.8 Å². The Labute approximate surface area is 81.8 Å². The molecular formula is C10H13N3O. The van der Waals surface area contributed by atoms with E-state index in [-0.39, 0.29) is 5.69 Å². The smallest absolute Gasteiger partial charge is 0.293 e. The van der Waals surface area contributed by atoms with Gasteiger partial charge < -0.3 is 0 Å². The molecular weight excluding hydrogens is 178 g/mol. The molecule has 0 aliphatic carbocycles. The molecule has 0 unspecified atom stereocenters. The van der Waals surface area contributed by atoms with Gasteiger partial charge >= 0.3 is 5.69 Å². The number of aryl methyl sites for hydroxylation is 3. The summed E-state index contributed by atoms with van der Waals surface area (Å²) in [5.74, 6) is 0. The average molecular weight is 191 g/mol. The lowest BCUT2D eigenvalue weighted by molar-refractivity contribution is 0.707. The fourth-order valence-corrected chi connectivity index (χ4v) is 1.66. The lowest BCUT2D eigenvalue weighted by atomic mass is 10.3. The highest BCUT2D eigenvalue weighted by Gasteiger charge is 2.09. The molecule has 0 amide bonds. The van der Waals surface area contributed by atoms with Crippen LogP contribution in [0.25, 0.3) is 11.2 Å². The summed E-state index contributed by atoms with van der Waals surface area (Å²) in [6, 6.07) is 1.98. The Hall–Kier alpha value is -1.58. The second-order valence-corrected chi connectivity index (χ2v) is 3.44. The van der Waals surface area contributed by atoms with Crippen molar-refractivity contribution in [2.24, 2.45) is 7.05 Å². The van der Waals surface area contributed by atoms with E-state index in [0.29, 0.717) is 6.54 Å². The number of rotatable bonds is 1. The quantitative estimate of drug-likeness (QED) is 0.676. The Kier molecular flexibility index (Phi) is 1.91. The molecule has 0 aromatic carbocycles. The number of pyridine rings is 1. The van der Waals surface area contributed by atoms with Crippen molar-refractivity contribution in [3.8, 4) is 0 Å². The van der Waals surface area contributed by atoms with Gasteiger partial charge in [-0.1, -0.05) is 0 Å². The van der Waals surface area contributed by atoms with Crippen molar-refractivity contribution < 1.29 is 0 Å². The third kappa shape index (κ3) is 1.07. The van der Waals surface area contributed by atoms with Gasteiger partial charge in [0.15, 0.2) is 5.65 Å². The number of hydrogen-bond acceptors (Lipinski definition) is 2. The van der Waals surface area contributed by atoms with E-state index < -0.39 is 0 Å². The number of nitrogens with zero attached hydrogens (tertiary/aromatic N) is 3. The monoisotopic (exact) mass is 191 g/mol. The van der Waals surface area contributed by atoms with Gasteiger partial charge in [-0.15, -0.1) is 0 Å². The van der Waals surface area contributed by atoms with Gasteiger partial charge in [0, 0.05) is 19.8 Å². The zero-order valence-corrected chi connectivity index (χ0v) is 8.61. The molecule has 0 aliphatic heterocycles. The molecule has 0 aliphatic rings. The number of hydrogen-bond donors (Lipinski definition) is 0. The fourth-order valence-electron chi connectivity index (χ4n) is 1.66. The third-order valence-corrected chi connectivity index (χ3v) is 2.44. The first-order valence-electron chi connectivity index (χ1n) is 4.67. The standard InChI is InChI=1S/C10H13N3O/c1-4-13-9-8(12(3)10(13)14)5-7(2)6-11-9/h5-6H,4H2,1-3H3. The largest absolute Gasteiger partial charge is 0.330 e. The predicted molar refractivity (Wildman–Crippen MR) is 55.4 cm³/mol. The highest BCUT2D eigenvalue weighted by molar-refractivity contribution is 5.72. The van der Waals surface area contributed by atoms with E-state index in [9.17, 15) is 4.79 Å². The van der Waals surface area contributed by atoms with E-state index in [4.69, 9.17) is 0 Å². The molecule has 0 fully saturated rings. The average Bonchev–Trinajstić information content (AvgIpc) is 2.41. The Balaban J connectivity index is 2.96. The minimum Gasteiger partial charge on any atom is -0.293 e. The number of aromatic nitrogens is 3. The van der Waals surface area contributed by atoms with Crippen LogP contribution in [-0.2, 0) is 13.6 Å². The predicted octanol–water partition coefficient (Wildman–Crippen LogP) is 1.06. The van der Waals surface area contributed by atoms with Crippen molar-refractivity contribution >= 4 is 11.2 Å². The van der Waals surface area contributed by atoms with Crippen molar-refractivity contribution in [3.05, 3.63) is 28.3 Å². The molecule has 0 spiro atoms. The van der Waals surface area contributed by atoms with Crippen molar-refractivity contribution in [1.82, 2.24) is 14.1 Å². The van der Waals surface area contributed by atoms with E-state index in [2.05, 4.69) is 4.98 Å². The highest BCUT2D eigenvalue weighted by atomic mass is 16.1. The van der Waals surface area contributed by atoms with Crippen LogP contribution in [0.4, 0.5) is 0 Å². The SMILES string of the molecule is CCn1c(=O)n(C)c2cc(C)cnc21. The van der Waals surface area contributed by atoms with E-state index in [1.165, 1.54) is 0 Å². The number of imidazole rings is 1. The lowest BCUT2D eigenvalue weighted by Crippen LogP contribution is -2.21. The second-order valence-electron chi connectivity index (χ2n) is 3.44. The molecule has 0 radical (unpaired) electrons. The van der Waals surface area contributed by atoms with Gasteiger partial charge in [-0.2, -0.15) is 0 Å². The maximum Gasteiger partial charge on any atom is 0.330 e. The van der Waals surface area contributed by atoms with Crippen LogP contribution in [0.2, 0.25) is 0 Å². The summed E-state index contributed by atoms with van der Waals surface area (Å²) in [4.78, 5) is 16.0. The molecule has 2 heterocycles. The Bertz CT molecular complexity index is 536. The minimum atomic E-state index is 0.000556. The van der Waals surface area contributed by atoms with Gasteiger partial charge in [0.1, 0.15) is 0 Å². The van der Waals surface area contributed by atoms with Crippen molar-refractivity contribution in [1.29, 1.82) is 0 Å². The first kappa shape index (κ1) is 8.99. The molecule has 4 nitrogen and oxygen atoms in total. The van der Waals surface area contributed by atoms with Gasteiger partial charge in [-0.3, -0.25) is 9.13 Å². The van der Waals surface area contributed by atoms with Gasteiger partial charge in [0.2, 0.25) is 0 Å². The molecule has 0 saturated carbocycles.